The topological polar surface area (TPSA) is 119 Å². The molecule has 1 unspecified atom stereocenters. The van der Waals surface area contributed by atoms with Crippen LogP contribution >= 0.6 is 22.6 Å². The molecule has 2 aromatic carbocycles. The van der Waals surface area contributed by atoms with Crippen LogP contribution in [0.15, 0.2) is 30.3 Å². The van der Waals surface area contributed by atoms with Crippen molar-refractivity contribution in [3.05, 3.63) is 50.7 Å². The highest BCUT2D eigenvalue weighted by Crippen LogP contribution is 2.45. The Morgan fingerprint density at radius 2 is 2.00 bits per heavy atom. The van der Waals surface area contributed by atoms with Crippen LogP contribution in [0.25, 0.3) is 10.8 Å². The zero-order chi connectivity index (χ0) is 26.7. The zero-order valence-corrected chi connectivity index (χ0v) is 23.4. The number of aliphatic hydroxyl groups is 2. The van der Waals surface area contributed by atoms with E-state index in [2.05, 4.69) is 32.5 Å². The number of aromatic nitrogens is 2. The van der Waals surface area contributed by atoms with Gasteiger partial charge in [0.25, 0.3) is 5.91 Å². The number of halogens is 1. The van der Waals surface area contributed by atoms with Crippen molar-refractivity contribution in [2.24, 2.45) is 5.41 Å². The summed E-state index contributed by atoms with van der Waals surface area (Å²) in [6, 6.07) is 9.17. The van der Waals surface area contributed by atoms with E-state index in [4.69, 9.17) is 9.72 Å². The van der Waals surface area contributed by atoms with Crippen LogP contribution in [0.2, 0.25) is 0 Å². The quantitative estimate of drug-likeness (QED) is 0.354. The Hall–Kier alpha value is -2.70. The first-order chi connectivity index (χ1) is 18.2. The lowest BCUT2D eigenvalue weighted by Crippen LogP contribution is -2.47. The molecule has 1 atom stereocenters. The molecule has 1 saturated heterocycles. The first-order valence-electron chi connectivity index (χ1n) is 13.0. The molecule has 0 radical (unpaired) electrons. The van der Waals surface area contributed by atoms with Crippen molar-refractivity contribution in [1.29, 1.82) is 0 Å². The lowest BCUT2D eigenvalue weighted by Gasteiger charge is -2.38. The molecule has 38 heavy (non-hydrogen) atoms. The van der Waals surface area contributed by atoms with E-state index >= 15 is 0 Å². The minimum Gasteiger partial charge on any atom is -0.508 e. The number of rotatable bonds is 6. The molecule has 1 aromatic heterocycles. The molecule has 1 amide bonds. The fourth-order valence-corrected chi connectivity index (χ4v) is 6.34. The molecule has 9 nitrogen and oxygen atoms in total. The van der Waals surface area contributed by atoms with Crippen molar-refractivity contribution in [3.8, 4) is 11.8 Å². The summed E-state index contributed by atoms with van der Waals surface area (Å²) in [5.41, 5.74) is 0.968. The van der Waals surface area contributed by atoms with Crippen molar-refractivity contribution in [2.45, 2.75) is 51.3 Å². The van der Waals surface area contributed by atoms with Crippen LogP contribution in [0.5, 0.6) is 11.8 Å². The van der Waals surface area contributed by atoms with E-state index in [1.807, 2.05) is 25.1 Å². The van der Waals surface area contributed by atoms with Crippen molar-refractivity contribution in [2.75, 3.05) is 31.2 Å². The van der Waals surface area contributed by atoms with Gasteiger partial charge in [-0.25, -0.2) is 0 Å². The number of hydrogen-bond acceptors (Lipinski definition) is 8. The van der Waals surface area contributed by atoms with Crippen LogP contribution < -0.4 is 9.64 Å². The lowest BCUT2D eigenvalue weighted by atomic mass is 9.95. The van der Waals surface area contributed by atoms with Gasteiger partial charge in [-0.3, -0.25) is 4.79 Å². The molecular weight excluding hydrogens is 599 g/mol. The second-order valence-corrected chi connectivity index (χ2v) is 12.4. The molecule has 6 rings (SSSR count). The van der Waals surface area contributed by atoms with E-state index < -0.39 is 5.60 Å². The number of fused-ring (bicyclic) bond motifs is 2. The minimum absolute atomic E-state index is 0.0455. The van der Waals surface area contributed by atoms with E-state index in [0.29, 0.717) is 37.5 Å². The largest absolute Gasteiger partial charge is 0.508 e. The monoisotopic (exact) mass is 630 g/mol. The van der Waals surface area contributed by atoms with Gasteiger partial charge in [0.15, 0.2) is 0 Å². The van der Waals surface area contributed by atoms with Crippen molar-refractivity contribution in [3.63, 3.8) is 0 Å². The highest BCUT2D eigenvalue weighted by Gasteiger charge is 2.43. The molecule has 2 aliphatic heterocycles. The number of phenols is 1. The Bertz CT molecular complexity index is 1420. The number of hydrogen-bond donors (Lipinski definition) is 3. The molecule has 200 valence electrons. The van der Waals surface area contributed by atoms with E-state index in [9.17, 15) is 20.1 Å². The number of nitrogens with zero attached hydrogens (tertiary/aromatic N) is 4. The van der Waals surface area contributed by atoms with Crippen LogP contribution in [-0.4, -0.2) is 68.0 Å². The molecular formula is C28H31IN4O5. The molecule has 1 saturated carbocycles. The molecule has 3 aromatic rings. The Labute approximate surface area is 234 Å². The number of phenolic OH excluding ortho intramolecular Hbond substituents is 1. The normalized spacial score (nSPS) is 22.0. The Morgan fingerprint density at radius 1 is 1.18 bits per heavy atom. The van der Waals surface area contributed by atoms with Crippen molar-refractivity contribution in [1.82, 2.24) is 14.9 Å². The Balaban J connectivity index is 1.35. The molecule has 10 heteroatoms. The minimum atomic E-state index is -0.836. The number of carbonyl (C=O) groups excluding carboxylic acids is 1. The van der Waals surface area contributed by atoms with Crippen molar-refractivity contribution >= 4 is 45.1 Å². The molecule has 0 spiro atoms. The number of aromatic hydroxyl groups is 1. The van der Waals surface area contributed by atoms with Crippen LogP contribution in [0, 0.1) is 8.99 Å². The number of carbonyl (C=O) groups is 1. The van der Waals surface area contributed by atoms with Crippen LogP contribution in [-0.2, 0) is 13.1 Å². The van der Waals surface area contributed by atoms with Gasteiger partial charge < -0.3 is 29.9 Å². The summed E-state index contributed by atoms with van der Waals surface area (Å²) in [5, 5.41) is 32.5. The summed E-state index contributed by atoms with van der Waals surface area (Å²) in [4.78, 5) is 27.1. The smallest absolute Gasteiger partial charge is 0.318 e. The molecule has 3 aliphatic rings. The van der Waals surface area contributed by atoms with Gasteiger partial charge in [-0.2, -0.15) is 9.97 Å². The number of amides is 1. The number of ether oxygens (including phenoxy) is 1. The van der Waals surface area contributed by atoms with Crippen molar-refractivity contribution < 1.29 is 24.9 Å². The average Bonchev–Trinajstić information content (AvgIpc) is 3.54. The third-order valence-corrected chi connectivity index (χ3v) is 8.84. The molecule has 1 aliphatic carbocycles. The van der Waals surface area contributed by atoms with Gasteiger partial charge in [-0.1, -0.05) is 12.1 Å². The first kappa shape index (κ1) is 25.6. The average molecular weight is 630 g/mol. The summed E-state index contributed by atoms with van der Waals surface area (Å²) in [7, 11) is 0. The third-order valence-electron chi connectivity index (χ3n) is 7.94. The lowest BCUT2D eigenvalue weighted by molar-refractivity contribution is 0.0445. The molecule has 3 N–H and O–H groups in total. The number of piperidine rings is 1. The predicted octanol–water partition coefficient (Wildman–Crippen LogP) is 3.60. The summed E-state index contributed by atoms with van der Waals surface area (Å²) in [6.45, 7) is 4.03. The summed E-state index contributed by atoms with van der Waals surface area (Å²) in [6.07, 6.45) is 3.36. The highest BCUT2D eigenvalue weighted by molar-refractivity contribution is 14.1. The van der Waals surface area contributed by atoms with E-state index in [-0.39, 0.29) is 36.2 Å². The second-order valence-electron chi connectivity index (χ2n) is 11.2. The predicted molar refractivity (Wildman–Crippen MR) is 150 cm³/mol. The fourth-order valence-electron chi connectivity index (χ4n) is 5.53. The first-order valence-corrected chi connectivity index (χ1v) is 14.1. The number of β-amino-alcohol motifs (C(OH)–C–C–N with tert-alkyl or cyclic N) is 1. The van der Waals surface area contributed by atoms with Gasteiger partial charge >= 0.3 is 6.01 Å². The summed E-state index contributed by atoms with van der Waals surface area (Å²) >= 11 is 2.22. The summed E-state index contributed by atoms with van der Waals surface area (Å²) in [5.74, 6) is 0.540. The van der Waals surface area contributed by atoms with Gasteiger partial charge in [0.2, 0.25) is 0 Å². The standard InChI is InChI=1S/C28H31IN4O5/c1-27(37)6-3-9-32(14-27)24-20-12-33(13-22(20)30-26(31-24)38-16-28(15-34)7-8-28)25(36)19-11-18(35)10-17-4-2-5-21(29)23(17)19/h2,4-5,10-11,34-35,37H,3,6-9,12-16H2,1H3. The SMILES string of the molecule is CC1(O)CCCN(c2nc(OCC3(CO)CC3)nc3c2CN(C(=O)c2cc(O)cc4cccc(I)c24)C3)C1. The zero-order valence-electron chi connectivity index (χ0n) is 21.3. The number of anilines is 1. The van der Waals surface area contributed by atoms with Gasteiger partial charge in [0.1, 0.15) is 11.6 Å². The van der Waals surface area contributed by atoms with Gasteiger partial charge in [0.05, 0.1) is 43.2 Å². The number of benzene rings is 2. The third kappa shape index (κ3) is 4.77. The highest BCUT2D eigenvalue weighted by atomic mass is 127. The maximum atomic E-state index is 13.9. The number of aliphatic hydroxyl groups excluding tert-OH is 1. The maximum Gasteiger partial charge on any atom is 0.318 e. The van der Waals surface area contributed by atoms with Gasteiger partial charge in [-0.15, -0.1) is 0 Å². The molecule has 2 fully saturated rings. The Kier molecular flexibility index (Phi) is 6.39. The Morgan fingerprint density at radius 3 is 2.74 bits per heavy atom. The maximum absolute atomic E-state index is 13.9. The van der Waals surface area contributed by atoms with Gasteiger partial charge in [-0.05, 0) is 78.8 Å². The van der Waals surface area contributed by atoms with E-state index in [0.717, 1.165) is 51.4 Å². The molecule has 0 bridgehead atoms. The second kappa shape index (κ2) is 9.49. The molecule has 3 heterocycles. The van der Waals surface area contributed by atoms with Gasteiger partial charge in [0, 0.05) is 33.0 Å². The van der Waals surface area contributed by atoms with E-state index in [1.54, 1.807) is 11.0 Å². The summed E-state index contributed by atoms with van der Waals surface area (Å²) < 4.78 is 6.93. The van der Waals surface area contributed by atoms with E-state index in [1.165, 1.54) is 6.07 Å². The van der Waals surface area contributed by atoms with Crippen LogP contribution in [0.1, 0.15) is 54.2 Å². The van der Waals surface area contributed by atoms with Crippen LogP contribution in [0.3, 0.4) is 0 Å². The van der Waals surface area contributed by atoms with Crippen LogP contribution in [0.4, 0.5) is 5.82 Å². The fraction of sp³-hybridized carbons (Fsp3) is 0.464.